The van der Waals surface area contributed by atoms with Gasteiger partial charge in [0.1, 0.15) is 0 Å². The molecule has 0 radical (unpaired) electrons. The number of thioether (sulfide) groups is 1. The van der Waals surface area contributed by atoms with Gasteiger partial charge in [-0.15, -0.1) is 0 Å². The molecule has 0 aromatic carbocycles. The summed E-state index contributed by atoms with van der Waals surface area (Å²) in [7, 11) is 3.55. The highest BCUT2D eigenvalue weighted by Gasteiger charge is 2.07. The average molecular weight is 215 g/mol. The third-order valence-corrected chi connectivity index (χ3v) is 2.95. The van der Waals surface area contributed by atoms with Crippen molar-refractivity contribution in [3.63, 3.8) is 0 Å². The van der Waals surface area contributed by atoms with Gasteiger partial charge in [-0.2, -0.15) is 0 Å². The van der Waals surface area contributed by atoms with Gasteiger partial charge in [0.25, 0.3) is 0 Å². The van der Waals surface area contributed by atoms with E-state index in [2.05, 4.69) is 10.3 Å². The van der Waals surface area contributed by atoms with Crippen LogP contribution in [0.25, 0.3) is 0 Å². The summed E-state index contributed by atoms with van der Waals surface area (Å²) < 4.78 is 0. The van der Waals surface area contributed by atoms with Crippen LogP contribution in [0.4, 0.5) is 0 Å². The van der Waals surface area contributed by atoms with E-state index in [0.717, 1.165) is 23.9 Å². The summed E-state index contributed by atoms with van der Waals surface area (Å²) in [5.41, 5.74) is 0. The molecule has 4 nitrogen and oxygen atoms in total. The van der Waals surface area contributed by atoms with Gasteiger partial charge in [0, 0.05) is 39.4 Å². The first-order chi connectivity index (χ1) is 6.70. The molecule has 0 aliphatic carbocycles. The number of amidine groups is 1. The van der Waals surface area contributed by atoms with E-state index in [1.54, 1.807) is 30.8 Å². The second-order valence-electron chi connectivity index (χ2n) is 3.35. The highest BCUT2D eigenvalue weighted by atomic mass is 32.2. The van der Waals surface area contributed by atoms with Crippen molar-refractivity contribution in [3.8, 4) is 0 Å². The van der Waals surface area contributed by atoms with Crippen molar-refractivity contribution in [3.05, 3.63) is 0 Å². The van der Waals surface area contributed by atoms with Gasteiger partial charge < -0.3 is 10.2 Å². The molecule has 0 saturated heterocycles. The van der Waals surface area contributed by atoms with E-state index in [9.17, 15) is 4.79 Å². The molecule has 0 saturated carbocycles. The first-order valence-electron chi connectivity index (χ1n) is 4.81. The number of hydrogen-bond donors (Lipinski definition) is 1. The molecule has 1 N–H and O–H groups in total. The van der Waals surface area contributed by atoms with Gasteiger partial charge in [0.05, 0.1) is 0 Å². The van der Waals surface area contributed by atoms with Gasteiger partial charge >= 0.3 is 0 Å². The minimum atomic E-state index is 0.152. The van der Waals surface area contributed by atoms with Crippen LogP contribution < -0.4 is 5.32 Å². The Bertz CT molecular complexity index is 228. The van der Waals surface area contributed by atoms with E-state index in [4.69, 9.17) is 0 Å². The van der Waals surface area contributed by atoms with Gasteiger partial charge in [0.2, 0.25) is 5.91 Å². The largest absolute Gasteiger partial charge is 0.364 e. The van der Waals surface area contributed by atoms with Gasteiger partial charge in [-0.1, -0.05) is 11.8 Å². The number of carbonyl (C=O) groups excluding carboxylic acids is 1. The third-order valence-electron chi connectivity index (χ3n) is 1.91. The molecule has 80 valence electrons. The molecule has 0 unspecified atom stereocenters. The summed E-state index contributed by atoms with van der Waals surface area (Å²) in [6.07, 6.45) is 1.69. The summed E-state index contributed by atoms with van der Waals surface area (Å²) in [4.78, 5) is 17.1. The smallest absolute Gasteiger partial charge is 0.223 e. The Balaban J connectivity index is 2.14. The van der Waals surface area contributed by atoms with E-state index in [1.165, 1.54) is 0 Å². The number of aliphatic imine (C=N–C) groups is 1. The molecule has 1 amide bonds. The lowest BCUT2D eigenvalue weighted by Crippen LogP contribution is -2.30. The highest BCUT2D eigenvalue weighted by molar-refractivity contribution is 8.13. The highest BCUT2D eigenvalue weighted by Crippen LogP contribution is 2.09. The van der Waals surface area contributed by atoms with Crippen LogP contribution in [-0.4, -0.2) is 48.9 Å². The van der Waals surface area contributed by atoms with Gasteiger partial charge in [-0.05, 0) is 6.42 Å². The molecule has 0 fully saturated rings. The maximum absolute atomic E-state index is 11.2. The van der Waals surface area contributed by atoms with E-state index >= 15 is 0 Å². The van der Waals surface area contributed by atoms with Crippen molar-refractivity contribution >= 4 is 22.8 Å². The fourth-order valence-corrected chi connectivity index (χ4v) is 1.92. The Labute approximate surface area is 89.1 Å². The van der Waals surface area contributed by atoms with Gasteiger partial charge in [-0.25, -0.2) is 0 Å². The summed E-state index contributed by atoms with van der Waals surface area (Å²) in [6.45, 7) is 1.60. The maximum Gasteiger partial charge on any atom is 0.223 e. The predicted octanol–water partition coefficient (Wildman–Crippen LogP) is 0.547. The average Bonchev–Trinajstić information content (AvgIpc) is 2.19. The Morgan fingerprint density at radius 3 is 3.00 bits per heavy atom. The van der Waals surface area contributed by atoms with Crippen molar-refractivity contribution in [2.24, 2.45) is 4.99 Å². The summed E-state index contributed by atoms with van der Waals surface area (Å²) in [5, 5.41) is 4.16. The molecule has 14 heavy (non-hydrogen) atoms. The first kappa shape index (κ1) is 11.4. The lowest BCUT2D eigenvalue weighted by Gasteiger charge is -2.14. The molecule has 1 heterocycles. The number of amides is 1. The van der Waals surface area contributed by atoms with Crippen LogP contribution in [0.5, 0.6) is 0 Å². The molecule has 0 atom stereocenters. The van der Waals surface area contributed by atoms with Gasteiger partial charge in [-0.3, -0.25) is 9.79 Å². The minimum absolute atomic E-state index is 0.152. The summed E-state index contributed by atoms with van der Waals surface area (Å²) in [6, 6.07) is 0. The topological polar surface area (TPSA) is 44.7 Å². The number of rotatable bonds is 3. The quantitative estimate of drug-likeness (QED) is 0.747. The Morgan fingerprint density at radius 2 is 2.43 bits per heavy atom. The van der Waals surface area contributed by atoms with Crippen molar-refractivity contribution in [1.82, 2.24) is 10.2 Å². The number of nitrogens with zero attached hydrogens (tertiary/aromatic N) is 2. The SMILES string of the molecule is CN(C)C(=O)CCNC1=NCCCS1. The molecule has 5 heteroatoms. The van der Waals surface area contributed by atoms with Crippen LogP contribution >= 0.6 is 11.8 Å². The normalized spacial score (nSPS) is 16.0. The van der Waals surface area contributed by atoms with Crippen molar-refractivity contribution in [2.45, 2.75) is 12.8 Å². The number of nitrogens with one attached hydrogen (secondary N) is 1. The van der Waals surface area contributed by atoms with E-state index in [1.807, 2.05) is 0 Å². The lowest BCUT2D eigenvalue weighted by atomic mass is 10.4. The molecule has 1 aliphatic heterocycles. The van der Waals surface area contributed by atoms with E-state index < -0.39 is 0 Å². The van der Waals surface area contributed by atoms with Crippen molar-refractivity contribution in [1.29, 1.82) is 0 Å². The predicted molar refractivity (Wildman–Crippen MR) is 60.7 cm³/mol. The molecule has 0 bridgehead atoms. The molecule has 0 aromatic heterocycles. The minimum Gasteiger partial charge on any atom is -0.364 e. The van der Waals surface area contributed by atoms with Crippen molar-refractivity contribution in [2.75, 3.05) is 32.9 Å². The van der Waals surface area contributed by atoms with E-state index in [0.29, 0.717) is 13.0 Å². The second-order valence-corrected chi connectivity index (χ2v) is 4.44. The fraction of sp³-hybridized carbons (Fsp3) is 0.778. The first-order valence-corrected chi connectivity index (χ1v) is 5.80. The molecule has 0 aromatic rings. The van der Waals surface area contributed by atoms with E-state index in [-0.39, 0.29) is 5.91 Å². The zero-order chi connectivity index (χ0) is 10.4. The Morgan fingerprint density at radius 1 is 1.64 bits per heavy atom. The van der Waals surface area contributed by atoms with Crippen LogP contribution in [0.2, 0.25) is 0 Å². The molecule has 1 rings (SSSR count). The molecule has 0 spiro atoms. The van der Waals surface area contributed by atoms with Crippen LogP contribution in [0, 0.1) is 0 Å². The van der Waals surface area contributed by atoms with Crippen LogP contribution in [0.3, 0.4) is 0 Å². The molecule has 1 aliphatic rings. The zero-order valence-corrected chi connectivity index (χ0v) is 9.56. The number of carbonyl (C=O) groups is 1. The van der Waals surface area contributed by atoms with Crippen LogP contribution in [-0.2, 0) is 4.79 Å². The van der Waals surface area contributed by atoms with Crippen molar-refractivity contribution < 1.29 is 4.79 Å². The maximum atomic E-state index is 11.2. The summed E-state index contributed by atoms with van der Waals surface area (Å²) >= 11 is 1.74. The monoisotopic (exact) mass is 215 g/mol. The van der Waals surface area contributed by atoms with Gasteiger partial charge in [0.15, 0.2) is 5.17 Å². The fourth-order valence-electron chi connectivity index (χ4n) is 1.07. The second kappa shape index (κ2) is 5.90. The number of hydrogen-bond acceptors (Lipinski definition) is 4. The molecular formula is C9H17N3OS. The van der Waals surface area contributed by atoms with Crippen LogP contribution in [0.1, 0.15) is 12.8 Å². The van der Waals surface area contributed by atoms with Crippen LogP contribution in [0.15, 0.2) is 4.99 Å². The summed E-state index contributed by atoms with van der Waals surface area (Å²) in [5.74, 6) is 1.28. The lowest BCUT2D eigenvalue weighted by molar-refractivity contribution is -0.128. The Kier molecular flexibility index (Phi) is 4.79. The Hall–Kier alpha value is -0.710. The molecular weight excluding hydrogens is 198 g/mol. The standard InChI is InChI=1S/C9H17N3OS/c1-12(2)8(13)4-6-11-9-10-5-3-7-14-9/h3-7H2,1-2H3,(H,10,11). The third kappa shape index (κ3) is 4.00. The zero-order valence-electron chi connectivity index (χ0n) is 8.75.